The third-order valence-electron chi connectivity index (χ3n) is 5.54. The summed E-state index contributed by atoms with van der Waals surface area (Å²) in [6.07, 6.45) is 2.20. The Morgan fingerprint density at radius 1 is 1.14 bits per heavy atom. The molecule has 14 heteroatoms. The van der Waals surface area contributed by atoms with Crippen molar-refractivity contribution < 1.29 is 27.5 Å². The number of nitrogens with two attached hydrogens (primary N) is 1. The molecule has 2 aliphatic heterocycles. The first-order valence-corrected chi connectivity index (χ1v) is 13.2. The molecular weight excluding hydrogens is 496 g/mol. The number of sulfone groups is 1. The second-order valence-corrected chi connectivity index (χ2v) is 11.2. The summed E-state index contributed by atoms with van der Waals surface area (Å²) in [6, 6.07) is 5.97. The molecule has 0 bridgehead atoms. The molecule has 0 radical (unpaired) electrons. The first-order valence-electron chi connectivity index (χ1n) is 10.8. The number of oxime groups is 1. The number of rotatable bonds is 7. The lowest BCUT2D eigenvalue weighted by Gasteiger charge is -2.12. The van der Waals surface area contributed by atoms with E-state index in [1.807, 2.05) is 0 Å². The van der Waals surface area contributed by atoms with Crippen LogP contribution in [0, 0.1) is 0 Å². The average Bonchev–Trinajstić information content (AvgIpc) is 3.61. The topological polar surface area (TPSA) is 168 Å². The summed E-state index contributed by atoms with van der Waals surface area (Å²) in [6.45, 7) is 1.52. The Bertz CT molecular complexity index is 1360. The quantitative estimate of drug-likeness (QED) is 0.344. The Hall–Kier alpha value is -3.20. The summed E-state index contributed by atoms with van der Waals surface area (Å²) in [7, 11) is -3.54. The number of aromatic nitrogens is 3. The summed E-state index contributed by atoms with van der Waals surface area (Å²) in [4.78, 5) is 31.8. The number of carbonyl (C=O) groups is 1. The molecule has 2 aliphatic rings. The SMILES string of the molecule is Nc1cnc2nc(NC(=O)/C(=N/O[C@@H]3CCOC3)c3ccc(S(=O)(=O)[C@H]4CCOC4)cc3)sc2n1. The number of anilines is 2. The van der Waals surface area contributed by atoms with Gasteiger partial charge in [0, 0.05) is 18.6 Å². The number of nitrogen functional groups attached to an aromatic ring is 1. The zero-order valence-corrected chi connectivity index (χ0v) is 20.0. The first kappa shape index (κ1) is 23.5. The molecule has 184 valence electrons. The number of amides is 1. The molecule has 1 amide bonds. The van der Waals surface area contributed by atoms with Crippen molar-refractivity contribution in [2.75, 3.05) is 37.5 Å². The van der Waals surface area contributed by atoms with Gasteiger partial charge < -0.3 is 20.0 Å². The number of thiazole rings is 1. The minimum Gasteiger partial charge on any atom is -0.389 e. The number of benzene rings is 1. The maximum absolute atomic E-state index is 13.2. The minimum absolute atomic E-state index is 0.0373. The van der Waals surface area contributed by atoms with E-state index in [9.17, 15) is 13.2 Å². The predicted octanol–water partition coefficient (Wildman–Crippen LogP) is 1.38. The van der Waals surface area contributed by atoms with Gasteiger partial charge in [0.1, 0.15) is 5.82 Å². The Morgan fingerprint density at radius 3 is 2.63 bits per heavy atom. The average molecular weight is 519 g/mol. The summed E-state index contributed by atoms with van der Waals surface area (Å²) in [5.74, 6) is -0.344. The van der Waals surface area contributed by atoms with Gasteiger partial charge in [0.05, 0.1) is 36.2 Å². The van der Waals surface area contributed by atoms with E-state index in [0.29, 0.717) is 48.7 Å². The highest BCUT2D eigenvalue weighted by Crippen LogP contribution is 2.25. The second kappa shape index (κ2) is 9.81. The molecule has 3 aromatic rings. The van der Waals surface area contributed by atoms with E-state index in [1.54, 1.807) is 0 Å². The highest BCUT2D eigenvalue weighted by molar-refractivity contribution is 7.92. The van der Waals surface area contributed by atoms with E-state index in [1.165, 1.54) is 30.5 Å². The van der Waals surface area contributed by atoms with Gasteiger partial charge in [-0.25, -0.2) is 18.4 Å². The van der Waals surface area contributed by atoms with Gasteiger partial charge in [0.2, 0.25) is 0 Å². The van der Waals surface area contributed by atoms with E-state index < -0.39 is 21.0 Å². The Balaban J connectivity index is 1.41. The third-order valence-corrected chi connectivity index (χ3v) is 8.57. The van der Waals surface area contributed by atoms with Crippen LogP contribution < -0.4 is 11.1 Å². The van der Waals surface area contributed by atoms with Gasteiger partial charge in [-0.1, -0.05) is 28.6 Å². The molecule has 2 aromatic heterocycles. The number of fused-ring (bicyclic) bond motifs is 1. The van der Waals surface area contributed by atoms with Crippen LogP contribution in [-0.2, 0) is 28.9 Å². The molecule has 12 nitrogen and oxygen atoms in total. The fourth-order valence-electron chi connectivity index (χ4n) is 3.65. The second-order valence-electron chi connectivity index (χ2n) is 7.98. The van der Waals surface area contributed by atoms with E-state index in [4.69, 9.17) is 20.0 Å². The van der Waals surface area contributed by atoms with Crippen LogP contribution in [0.5, 0.6) is 0 Å². The fraction of sp³-hybridized carbons (Fsp3) is 0.381. The number of nitrogens with one attached hydrogen (secondary N) is 1. The van der Waals surface area contributed by atoms with Crippen LogP contribution in [0.25, 0.3) is 10.5 Å². The van der Waals surface area contributed by atoms with Crippen LogP contribution in [0.15, 0.2) is 40.5 Å². The molecule has 0 spiro atoms. The number of ether oxygens (including phenoxy) is 2. The van der Waals surface area contributed by atoms with E-state index in [-0.39, 0.29) is 34.3 Å². The fourth-order valence-corrected chi connectivity index (χ4v) is 6.03. The highest BCUT2D eigenvalue weighted by Gasteiger charge is 2.31. The van der Waals surface area contributed by atoms with Crippen LogP contribution in [0.1, 0.15) is 18.4 Å². The Labute approximate surface area is 204 Å². The van der Waals surface area contributed by atoms with Crippen LogP contribution in [0.2, 0.25) is 0 Å². The van der Waals surface area contributed by atoms with Crippen LogP contribution in [0.3, 0.4) is 0 Å². The Kier molecular flexibility index (Phi) is 6.60. The van der Waals surface area contributed by atoms with Gasteiger partial charge >= 0.3 is 0 Å². The standard InChI is InChI=1S/C21H22N6O6S2/c22-16-9-23-18-20(24-16)34-21(25-18)26-19(28)17(27-33-13-5-7-31-10-13)12-1-3-14(4-2-12)35(29,30)15-6-8-32-11-15/h1-4,9,13,15H,5-8,10-11H2,(H2,22,24)(H,23,25,26,28)/b27-17+/t13-,15+/m1/s1. The lowest BCUT2D eigenvalue weighted by molar-refractivity contribution is -0.110. The monoisotopic (exact) mass is 518 g/mol. The molecule has 1 aromatic carbocycles. The zero-order chi connectivity index (χ0) is 24.4. The van der Waals surface area contributed by atoms with Gasteiger partial charge in [0.15, 0.2) is 37.3 Å². The van der Waals surface area contributed by atoms with Gasteiger partial charge in [-0.3, -0.25) is 10.1 Å². The molecule has 0 aliphatic carbocycles. The van der Waals surface area contributed by atoms with Crippen molar-refractivity contribution in [3.63, 3.8) is 0 Å². The van der Waals surface area contributed by atoms with Crippen molar-refractivity contribution in [3.8, 4) is 0 Å². The lowest BCUT2D eigenvalue weighted by Crippen LogP contribution is -2.25. The molecule has 35 heavy (non-hydrogen) atoms. The van der Waals surface area contributed by atoms with E-state index in [0.717, 1.165) is 11.3 Å². The molecule has 2 fully saturated rings. The van der Waals surface area contributed by atoms with Gasteiger partial charge in [-0.2, -0.15) is 4.98 Å². The van der Waals surface area contributed by atoms with Crippen molar-refractivity contribution >= 4 is 54.2 Å². The van der Waals surface area contributed by atoms with Gasteiger partial charge in [-0.15, -0.1) is 0 Å². The van der Waals surface area contributed by atoms with E-state index in [2.05, 4.69) is 25.4 Å². The van der Waals surface area contributed by atoms with Crippen molar-refractivity contribution in [2.45, 2.75) is 29.1 Å². The molecule has 2 saturated heterocycles. The van der Waals surface area contributed by atoms with Gasteiger partial charge in [-0.05, 0) is 18.6 Å². The summed E-state index contributed by atoms with van der Waals surface area (Å²) >= 11 is 1.11. The maximum atomic E-state index is 13.2. The molecule has 0 unspecified atom stereocenters. The number of hydrogen-bond acceptors (Lipinski definition) is 12. The van der Waals surface area contributed by atoms with Crippen LogP contribution in [-0.4, -0.2) is 72.8 Å². The largest absolute Gasteiger partial charge is 0.389 e. The summed E-state index contributed by atoms with van der Waals surface area (Å²) < 4.78 is 36.2. The van der Waals surface area contributed by atoms with Crippen LogP contribution >= 0.6 is 11.3 Å². The number of nitrogens with zero attached hydrogens (tertiary/aromatic N) is 4. The molecular formula is C21H22N6O6S2. The van der Waals surface area contributed by atoms with Gasteiger partial charge in [0.25, 0.3) is 5.91 Å². The highest BCUT2D eigenvalue weighted by atomic mass is 32.2. The normalized spacial score (nSPS) is 20.9. The van der Waals surface area contributed by atoms with Crippen molar-refractivity contribution in [2.24, 2.45) is 5.16 Å². The number of carbonyl (C=O) groups excluding carboxylic acids is 1. The maximum Gasteiger partial charge on any atom is 0.280 e. The smallest absolute Gasteiger partial charge is 0.280 e. The zero-order valence-electron chi connectivity index (χ0n) is 18.4. The third kappa shape index (κ3) is 5.10. The first-order chi connectivity index (χ1) is 16.9. The number of hydrogen-bond donors (Lipinski definition) is 2. The summed E-state index contributed by atoms with van der Waals surface area (Å²) in [5.41, 5.74) is 6.35. The van der Waals surface area contributed by atoms with Crippen molar-refractivity contribution in [1.29, 1.82) is 0 Å². The Morgan fingerprint density at radius 2 is 1.91 bits per heavy atom. The van der Waals surface area contributed by atoms with Crippen molar-refractivity contribution in [3.05, 3.63) is 36.0 Å². The molecule has 3 N–H and O–H groups in total. The molecule has 5 rings (SSSR count). The summed E-state index contributed by atoms with van der Waals surface area (Å²) in [5, 5.41) is 6.45. The van der Waals surface area contributed by atoms with Crippen molar-refractivity contribution in [1.82, 2.24) is 15.0 Å². The minimum atomic E-state index is -3.54. The lowest BCUT2D eigenvalue weighted by atomic mass is 10.1. The molecule has 0 saturated carbocycles. The predicted molar refractivity (Wildman–Crippen MR) is 128 cm³/mol. The molecule has 4 heterocycles. The van der Waals surface area contributed by atoms with Crippen LogP contribution in [0.4, 0.5) is 10.9 Å². The molecule has 2 atom stereocenters. The van der Waals surface area contributed by atoms with E-state index >= 15 is 0 Å².